The molecule has 0 saturated heterocycles. The molecule has 2 amide bonds. The van der Waals surface area contributed by atoms with Gasteiger partial charge in [-0.3, -0.25) is 9.59 Å². The number of halogens is 2. The minimum absolute atomic E-state index is 0.0784. The van der Waals surface area contributed by atoms with Crippen LogP contribution in [-0.2, 0) is 32.8 Å². The molecule has 3 aromatic rings. The summed E-state index contributed by atoms with van der Waals surface area (Å²) in [6, 6.07) is 18.4. The third-order valence-corrected chi connectivity index (χ3v) is 8.18. The molecule has 0 bridgehead atoms. The minimum atomic E-state index is -4.19. The zero-order chi connectivity index (χ0) is 30.2. The van der Waals surface area contributed by atoms with Crippen molar-refractivity contribution in [3.8, 4) is 0 Å². The van der Waals surface area contributed by atoms with E-state index in [2.05, 4.69) is 5.32 Å². The third kappa shape index (κ3) is 8.83. The van der Waals surface area contributed by atoms with Gasteiger partial charge in [0.1, 0.15) is 24.2 Å². The molecule has 11 heteroatoms. The van der Waals surface area contributed by atoms with Gasteiger partial charge in [-0.15, -0.1) is 0 Å². The fraction of sp³-hybridized carbons (Fsp3) is 0.333. The van der Waals surface area contributed by atoms with Crippen molar-refractivity contribution in [2.24, 2.45) is 5.92 Å². The summed E-state index contributed by atoms with van der Waals surface area (Å²) in [6.07, 6.45) is 0.161. The van der Waals surface area contributed by atoms with Gasteiger partial charge in [0.25, 0.3) is 0 Å². The van der Waals surface area contributed by atoms with Gasteiger partial charge in [0, 0.05) is 33.6 Å². The second-order valence-electron chi connectivity index (χ2n) is 10.3. The maximum atomic E-state index is 14.1. The van der Waals surface area contributed by atoms with Gasteiger partial charge in [-0.1, -0.05) is 56.3 Å². The molecule has 0 heterocycles. The molecule has 0 aliphatic rings. The van der Waals surface area contributed by atoms with Crippen LogP contribution in [0.25, 0.3) is 0 Å². The first-order valence-corrected chi connectivity index (χ1v) is 14.6. The summed E-state index contributed by atoms with van der Waals surface area (Å²) < 4.78 is 55.8. The van der Waals surface area contributed by atoms with Crippen molar-refractivity contribution in [3.05, 3.63) is 102 Å². The molecule has 0 radical (unpaired) electrons. The second kappa shape index (κ2) is 14.2. The first-order valence-electron chi connectivity index (χ1n) is 13.2. The van der Waals surface area contributed by atoms with Crippen LogP contribution < -0.4 is 9.62 Å². The van der Waals surface area contributed by atoms with Crippen molar-refractivity contribution in [1.29, 1.82) is 0 Å². The monoisotopic (exact) mass is 586 g/mol. The maximum absolute atomic E-state index is 14.1. The van der Waals surface area contributed by atoms with Gasteiger partial charge in [-0.05, 0) is 53.4 Å². The van der Waals surface area contributed by atoms with Gasteiger partial charge in [0.15, 0.2) is 0 Å². The Morgan fingerprint density at radius 2 is 1.39 bits per heavy atom. The number of hydrogen-bond donors (Lipinski definition) is 1. The fourth-order valence-corrected chi connectivity index (χ4v) is 5.14. The van der Waals surface area contributed by atoms with Gasteiger partial charge < -0.3 is 10.2 Å². The van der Waals surface area contributed by atoms with Crippen LogP contribution in [-0.4, -0.2) is 62.7 Å². The quantitative estimate of drug-likeness (QED) is 0.328. The van der Waals surface area contributed by atoms with Crippen LogP contribution in [0, 0.1) is 17.6 Å². The number of hydrogen-bond acceptors (Lipinski definition) is 4. The number of anilines is 1. The molecule has 220 valence electrons. The van der Waals surface area contributed by atoms with Crippen LogP contribution in [0.3, 0.4) is 0 Å². The fourth-order valence-electron chi connectivity index (χ4n) is 4.09. The number of nitrogens with one attached hydrogen (secondary N) is 1. The molecule has 0 aliphatic carbocycles. The number of amides is 2. The first-order chi connectivity index (χ1) is 19.4. The van der Waals surface area contributed by atoms with Gasteiger partial charge in [0.2, 0.25) is 11.8 Å². The molecular weight excluding hydrogens is 550 g/mol. The highest BCUT2D eigenvalue weighted by atomic mass is 32.2. The van der Waals surface area contributed by atoms with Crippen molar-refractivity contribution in [1.82, 2.24) is 14.5 Å². The van der Waals surface area contributed by atoms with Gasteiger partial charge >= 0.3 is 10.2 Å². The first kappa shape index (κ1) is 31.7. The third-order valence-electron chi connectivity index (χ3n) is 6.36. The van der Waals surface area contributed by atoms with Gasteiger partial charge in [0.05, 0.1) is 5.69 Å². The molecule has 0 aromatic heterocycles. The van der Waals surface area contributed by atoms with E-state index < -0.39 is 46.2 Å². The molecule has 1 N–H and O–H groups in total. The van der Waals surface area contributed by atoms with E-state index in [1.807, 2.05) is 44.2 Å². The molecule has 3 rings (SSSR count). The lowest BCUT2D eigenvalue weighted by atomic mass is 10.0. The predicted molar refractivity (Wildman–Crippen MR) is 155 cm³/mol. The average Bonchev–Trinajstić information content (AvgIpc) is 2.94. The Bertz CT molecular complexity index is 1400. The molecular formula is C30H36F2N4O4S. The van der Waals surface area contributed by atoms with E-state index in [9.17, 15) is 26.8 Å². The van der Waals surface area contributed by atoms with Crippen LogP contribution in [0.15, 0.2) is 78.9 Å². The van der Waals surface area contributed by atoms with E-state index >= 15 is 0 Å². The zero-order valence-electron chi connectivity index (χ0n) is 23.6. The average molecular weight is 587 g/mol. The lowest BCUT2D eigenvalue weighted by Gasteiger charge is -2.34. The molecule has 3 aromatic carbocycles. The van der Waals surface area contributed by atoms with E-state index in [1.165, 1.54) is 55.4 Å². The standard InChI is InChI=1S/C30H36F2N4O4S/c1-22(2)19-33-30(38)28(18-23-8-6-5-7-9-23)35(20-24-10-12-25(31)13-11-24)29(37)21-36(41(39,40)34(3)4)27-16-14-26(32)15-17-27/h5-17,22,28H,18-21H2,1-4H3,(H,33,38)/t28-/m1/s1. The van der Waals surface area contributed by atoms with E-state index in [1.54, 1.807) is 0 Å². The summed E-state index contributed by atoms with van der Waals surface area (Å²) in [5, 5.41) is 2.90. The molecule has 0 fully saturated rings. The summed E-state index contributed by atoms with van der Waals surface area (Å²) in [7, 11) is -1.54. The molecule has 0 unspecified atom stereocenters. The number of benzene rings is 3. The number of carbonyl (C=O) groups excluding carboxylic acids is 2. The van der Waals surface area contributed by atoms with Crippen LogP contribution in [0.2, 0.25) is 0 Å². The van der Waals surface area contributed by atoms with E-state index in [0.29, 0.717) is 12.1 Å². The highest BCUT2D eigenvalue weighted by molar-refractivity contribution is 7.90. The van der Waals surface area contributed by atoms with E-state index in [-0.39, 0.29) is 24.6 Å². The highest BCUT2D eigenvalue weighted by Crippen LogP contribution is 2.22. The van der Waals surface area contributed by atoms with Crippen molar-refractivity contribution < 1.29 is 26.8 Å². The zero-order valence-corrected chi connectivity index (χ0v) is 24.4. The number of nitrogens with zero attached hydrogens (tertiary/aromatic N) is 3. The van der Waals surface area contributed by atoms with Crippen molar-refractivity contribution in [2.45, 2.75) is 32.9 Å². The Balaban J connectivity index is 2.07. The molecule has 0 spiro atoms. The van der Waals surface area contributed by atoms with E-state index in [0.717, 1.165) is 26.3 Å². The van der Waals surface area contributed by atoms with E-state index in [4.69, 9.17) is 0 Å². The number of rotatable bonds is 13. The lowest BCUT2D eigenvalue weighted by molar-refractivity contribution is -0.140. The normalized spacial score (nSPS) is 12.3. The molecule has 0 saturated carbocycles. The van der Waals surface area contributed by atoms with Crippen molar-refractivity contribution in [3.63, 3.8) is 0 Å². The largest absolute Gasteiger partial charge is 0.354 e. The van der Waals surface area contributed by atoms with Crippen LogP contribution in [0.4, 0.5) is 14.5 Å². The second-order valence-corrected chi connectivity index (χ2v) is 12.3. The summed E-state index contributed by atoms with van der Waals surface area (Å²) >= 11 is 0. The maximum Gasteiger partial charge on any atom is 0.304 e. The molecule has 41 heavy (non-hydrogen) atoms. The Labute approximate surface area is 240 Å². The predicted octanol–water partition coefficient (Wildman–Crippen LogP) is 3.99. The SMILES string of the molecule is CC(C)CNC(=O)[C@@H](Cc1ccccc1)N(Cc1ccc(F)cc1)C(=O)CN(c1ccc(F)cc1)S(=O)(=O)N(C)C. The topological polar surface area (TPSA) is 90.0 Å². The lowest BCUT2D eigenvalue weighted by Crippen LogP contribution is -2.54. The minimum Gasteiger partial charge on any atom is -0.354 e. The molecule has 8 nitrogen and oxygen atoms in total. The van der Waals surface area contributed by atoms with Crippen LogP contribution in [0.1, 0.15) is 25.0 Å². The Hall–Kier alpha value is -3.83. The molecule has 0 aliphatic heterocycles. The summed E-state index contributed by atoms with van der Waals surface area (Å²) in [5.74, 6) is -1.94. The van der Waals surface area contributed by atoms with Crippen LogP contribution in [0.5, 0.6) is 0 Å². The summed E-state index contributed by atoms with van der Waals surface area (Å²) in [5.41, 5.74) is 1.43. The van der Waals surface area contributed by atoms with Crippen LogP contribution >= 0.6 is 0 Å². The van der Waals surface area contributed by atoms with Crippen molar-refractivity contribution in [2.75, 3.05) is 31.5 Å². The number of carbonyl (C=O) groups is 2. The molecule has 1 atom stereocenters. The van der Waals surface area contributed by atoms with Gasteiger partial charge in [-0.2, -0.15) is 12.7 Å². The summed E-state index contributed by atoms with van der Waals surface area (Å²) in [4.78, 5) is 29.0. The summed E-state index contributed by atoms with van der Waals surface area (Å²) in [6.45, 7) is 3.53. The van der Waals surface area contributed by atoms with Crippen molar-refractivity contribution >= 4 is 27.7 Å². The smallest absolute Gasteiger partial charge is 0.304 e. The Morgan fingerprint density at radius 3 is 1.93 bits per heavy atom. The Kier molecular flexibility index (Phi) is 11.0. The Morgan fingerprint density at radius 1 is 0.829 bits per heavy atom. The van der Waals surface area contributed by atoms with Gasteiger partial charge in [-0.25, -0.2) is 13.1 Å². The highest BCUT2D eigenvalue weighted by Gasteiger charge is 2.34.